The summed E-state index contributed by atoms with van der Waals surface area (Å²) < 4.78 is 28.4. The lowest BCUT2D eigenvalue weighted by molar-refractivity contribution is 0.123. The smallest absolute Gasteiger partial charge is 0.292 e. The van der Waals surface area contributed by atoms with E-state index in [1.165, 1.54) is 12.0 Å². The average molecular weight is 393 g/mol. The van der Waals surface area contributed by atoms with Crippen molar-refractivity contribution in [1.82, 2.24) is 0 Å². The zero-order chi connectivity index (χ0) is 19.5. The maximum Gasteiger partial charge on any atom is 0.550 e. The second kappa shape index (κ2) is 11.4. The largest absolute Gasteiger partial charge is 0.550 e. The minimum Gasteiger partial charge on any atom is -0.292 e. The van der Waals surface area contributed by atoms with E-state index in [0.29, 0.717) is 5.92 Å². The minimum atomic E-state index is -3.66. The third-order valence-electron chi connectivity index (χ3n) is 4.90. The summed E-state index contributed by atoms with van der Waals surface area (Å²) in [7, 11) is -3.66. The molecule has 27 heavy (non-hydrogen) atoms. The van der Waals surface area contributed by atoms with Crippen molar-refractivity contribution < 1.29 is 18.2 Å². The van der Waals surface area contributed by atoms with Gasteiger partial charge in [0, 0.05) is 5.92 Å². The SMILES string of the molecule is C=C[C@@H]1CCCC[C@H]1/C(CCc1ccccc1)=N/OP(=O)(OCC)OCC. The van der Waals surface area contributed by atoms with Crippen molar-refractivity contribution in [1.29, 1.82) is 0 Å². The monoisotopic (exact) mass is 393 g/mol. The molecule has 0 radical (unpaired) electrons. The fourth-order valence-electron chi connectivity index (χ4n) is 3.57. The van der Waals surface area contributed by atoms with E-state index in [0.717, 1.165) is 37.8 Å². The molecule has 2 rings (SSSR count). The molecule has 0 bridgehead atoms. The van der Waals surface area contributed by atoms with Crippen LogP contribution in [0.3, 0.4) is 0 Å². The van der Waals surface area contributed by atoms with Crippen LogP contribution < -0.4 is 0 Å². The number of hydrogen-bond donors (Lipinski definition) is 0. The van der Waals surface area contributed by atoms with E-state index in [2.05, 4.69) is 23.9 Å². The normalized spacial score (nSPS) is 21.0. The fourth-order valence-corrected chi connectivity index (χ4v) is 4.58. The lowest BCUT2D eigenvalue weighted by Gasteiger charge is -2.30. The summed E-state index contributed by atoms with van der Waals surface area (Å²) in [6.07, 6.45) is 8.14. The molecule has 0 aromatic heterocycles. The number of benzene rings is 1. The average Bonchev–Trinajstić information content (AvgIpc) is 2.69. The van der Waals surface area contributed by atoms with Crippen molar-refractivity contribution in [2.24, 2.45) is 17.0 Å². The van der Waals surface area contributed by atoms with E-state index in [1.54, 1.807) is 13.8 Å². The highest BCUT2D eigenvalue weighted by Gasteiger charge is 2.31. The standard InChI is InChI=1S/C21H32NO4P/c1-4-19-14-10-11-15-20(19)21(17-16-18-12-8-7-9-13-18)22-26-27(23,24-5-2)25-6-3/h4,7-9,12-13,19-20H,1,5-6,10-11,14-17H2,2-3H3/b22-21+/t19-,20-/m1/s1. The Labute approximate surface area is 163 Å². The molecule has 1 aromatic rings. The lowest BCUT2D eigenvalue weighted by atomic mass is 9.75. The van der Waals surface area contributed by atoms with Gasteiger partial charge < -0.3 is 0 Å². The lowest BCUT2D eigenvalue weighted by Crippen LogP contribution is -2.26. The Morgan fingerprint density at radius 1 is 1.19 bits per heavy atom. The summed E-state index contributed by atoms with van der Waals surface area (Å²) in [4.78, 5) is 0. The molecule has 6 heteroatoms. The molecule has 0 saturated heterocycles. The van der Waals surface area contributed by atoms with E-state index in [-0.39, 0.29) is 19.1 Å². The second-order valence-electron chi connectivity index (χ2n) is 6.72. The molecule has 150 valence electrons. The zero-order valence-electron chi connectivity index (χ0n) is 16.5. The number of phosphoric acid groups is 1. The van der Waals surface area contributed by atoms with Gasteiger partial charge in [-0.15, -0.1) is 6.58 Å². The van der Waals surface area contributed by atoms with Crippen LogP contribution in [-0.2, 0) is 24.7 Å². The van der Waals surface area contributed by atoms with Crippen LogP contribution in [0, 0.1) is 11.8 Å². The van der Waals surface area contributed by atoms with Crippen molar-refractivity contribution in [2.45, 2.75) is 52.4 Å². The van der Waals surface area contributed by atoms with E-state index in [4.69, 9.17) is 13.7 Å². The number of rotatable bonds is 11. The number of phosphoric ester groups is 1. The van der Waals surface area contributed by atoms with Gasteiger partial charge in [-0.2, -0.15) is 0 Å². The van der Waals surface area contributed by atoms with Crippen LogP contribution in [0.1, 0.15) is 51.5 Å². The fraction of sp³-hybridized carbons (Fsp3) is 0.571. The quantitative estimate of drug-likeness (QED) is 0.195. The molecule has 1 aliphatic rings. The summed E-state index contributed by atoms with van der Waals surface area (Å²) in [6.45, 7) is 7.99. The molecular weight excluding hydrogens is 361 g/mol. The van der Waals surface area contributed by atoms with Gasteiger partial charge in [-0.1, -0.05) is 54.4 Å². The van der Waals surface area contributed by atoms with Gasteiger partial charge >= 0.3 is 7.82 Å². The Hall–Kier alpha value is -1.42. The summed E-state index contributed by atoms with van der Waals surface area (Å²) in [5.41, 5.74) is 2.16. The number of oxime groups is 1. The molecule has 1 aliphatic carbocycles. The summed E-state index contributed by atoms with van der Waals surface area (Å²) in [6, 6.07) is 10.3. The van der Waals surface area contributed by atoms with Gasteiger partial charge in [0.2, 0.25) is 0 Å². The van der Waals surface area contributed by atoms with Crippen LogP contribution in [0.15, 0.2) is 48.1 Å². The number of aryl methyl sites for hydroxylation is 1. The molecule has 0 unspecified atom stereocenters. The Bertz CT molecular complexity index is 637. The molecule has 0 spiro atoms. The predicted molar refractivity (Wildman–Crippen MR) is 110 cm³/mol. The molecule has 0 amide bonds. The maximum atomic E-state index is 12.6. The molecule has 2 atom stereocenters. The molecule has 1 saturated carbocycles. The molecule has 0 N–H and O–H groups in total. The highest BCUT2D eigenvalue weighted by atomic mass is 31.2. The third kappa shape index (κ3) is 6.91. The molecular formula is C21H32NO4P. The number of allylic oxidation sites excluding steroid dienone is 1. The van der Waals surface area contributed by atoms with E-state index in [1.807, 2.05) is 24.3 Å². The van der Waals surface area contributed by atoms with Crippen LogP contribution in [0.2, 0.25) is 0 Å². The minimum absolute atomic E-state index is 0.241. The van der Waals surface area contributed by atoms with Crippen molar-refractivity contribution in [3.63, 3.8) is 0 Å². The van der Waals surface area contributed by atoms with Gasteiger partial charge in [-0.25, -0.2) is 4.57 Å². The first kappa shape index (κ1) is 21.9. The molecule has 1 aromatic carbocycles. The van der Waals surface area contributed by atoms with Gasteiger partial charge in [0.05, 0.1) is 18.9 Å². The van der Waals surface area contributed by atoms with Crippen LogP contribution in [0.25, 0.3) is 0 Å². The molecule has 0 heterocycles. The Morgan fingerprint density at radius 2 is 1.85 bits per heavy atom. The summed E-state index contributed by atoms with van der Waals surface area (Å²) in [5, 5.41) is 4.33. The Morgan fingerprint density at radius 3 is 2.48 bits per heavy atom. The number of nitrogens with zero attached hydrogens (tertiary/aromatic N) is 1. The Balaban J connectivity index is 2.19. The van der Waals surface area contributed by atoms with Crippen LogP contribution in [0.4, 0.5) is 0 Å². The van der Waals surface area contributed by atoms with E-state index >= 15 is 0 Å². The Kier molecular flexibility index (Phi) is 9.26. The highest BCUT2D eigenvalue weighted by Crippen LogP contribution is 2.50. The van der Waals surface area contributed by atoms with Gasteiger partial charge in [-0.05, 0) is 51.0 Å². The van der Waals surface area contributed by atoms with E-state index in [9.17, 15) is 4.57 Å². The molecule has 5 nitrogen and oxygen atoms in total. The van der Waals surface area contributed by atoms with Gasteiger partial charge in [0.25, 0.3) is 0 Å². The topological polar surface area (TPSA) is 57.1 Å². The second-order valence-corrected chi connectivity index (χ2v) is 8.30. The first-order valence-electron chi connectivity index (χ1n) is 9.93. The van der Waals surface area contributed by atoms with Gasteiger partial charge in [0.15, 0.2) is 0 Å². The predicted octanol–water partition coefficient (Wildman–Crippen LogP) is 6.17. The molecule has 0 aliphatic heterocycles. The maximum absolute atomic E-state index is 12.6. The zero-order valence-corrected chi connectivity index (χ0v) is 17.4. The third-order valence-corrected chi connectivity index (χ3v) is 6.33. The van der Waals surface area contributed by atoms with Crippen molar-refractivity contribution in [3.05, 3.63) is 48.6 Å². The summed E-state index contributed by atoms with van der Waals surface area (Å²) in [5.74, 6) is 0.632. The summed E-state index contributed by atoms with van der Waals surface area (Å²) >= 11 is 0. The first-order valence-corrected chi connectivity index (χ1v) is 11.4. The van der Waals surface area contributed by atoms with Crippen LogP contribution >= 0.6 is 7.82 Å². The first-order chi connectivity index (χ1) is 13.1. The van der Waals surface area contributed by atoms with Crippen LogP contribution in [-0.4, -0.2) is 18.9 Å². The van der Waals surface area contributed by atoms with Crippen molar-refractivity contribution in [3.8, 4) is 0 Å². The number of hydrogen-bond acceptors (Lipinski definition) is 5. The van der Waals surface area contributed by atoms with Crippen molar-refractivity contribution in [2.75, 3.05) is 13.2 Å². The van der Waals surface area contributed by atoms with Crippen molar-refractivity contribution >= 4 is 13.5 Å². The van der Waals surface area contributed by atoms with Gasteiger partial charge in [-0.3, -0.25) is 13.7 Å². The highest BCUT2D eigenvalue weighted by molar-refractivity contribution is 7.48. The van der Waals surface area contributed by atoms with Gasteiger partial charge in [0.1, 0.15) is 0 Å². The van der Waals surface area contributed by atoms with E-state index < -0.39 is 7.82 Å². The molecule has 1 fully saturated rings. The van der Waals surface area contributed by atoms with Crippen LogP contribution in [0.5, 0.6) is 0 Å².